The van der Waals surface area contributed by atoms with Crippen molar-refractivity contribution in [2.75, 3.05) is 11.9 Å². The molecule has 0 radical (unpaired) electrons. The third-order valence-corrected chi connectivity index (χ3v) is 3.48. The van der Waals surface area contributed by atoms with Gasteiger partial charge in [-0.3, -0.25) is 9.59 Å². The number of carbonyl (C=O) groups excluding carboxylic acids is 3. The van der Waals surface area contributed by atoms with E-state index in [1.807, 2.05) is 39.0 Å². The van der Waals surface area contributed by atoms with Gasteiger partial charge in [0.15, 0.2) is 6.61 Å². The SMILES string of the molecule is CC(C)(C)c1ccccc1NC(=O)COC(=O)C1=NNC(=O)CC1. The van der Waals surface area contributed by atoms with Gasteiger partial charge in [0.25, 0.3) is 5.91 Å². The Labute approximate surface area is 140 Å². The first-order valence-corrected chi connectivity index (χ1v) is 7.69. The molecule has 2 amide bonds. The zero-order chi connectivity index (χ0) is 17.7. The van der Waals surface area contributed by atoms with Crippen LogP contribution in [0.1, 0.15) is 39.2 Å². The Hall–Kier alpha value is -2.70. The Balaban J connectivity index is 1.93. The van der Waals surface area contributed by atoms with Crippen molar-refractivity contribution in [3.63, 3.8) is 0 Å². The fraction of sp³-hybridized carbons (Fsp3) is 0.412. The topological polar surface area (TPSA) is 96.9 Å². The van der Waals surface area contributed by atoms with E-state index in [0.717, 1.165) is 5.56 Å². The summed E-state index contributed by atoms with van der Waals surface area (Å²) in [5.41, 5.74) is 3.87. The van der Waals surface area contributed by atoms with E-state index in [4.69, 9.17) is 4.74 Å². The Morgan fingerprint density at radius 3 is 2.58 bits per heavy atom. The fourth-order valence-electron chi connectivity index (χ4n) is 2.27. The van der Waals surface area contributed by atoms with Gasteiger partial charge in [0.05, 0.1) is 0 Å². The van der Waals surface area contributed by atoms with Crippen LogP contribution in [0.2, 0.25) is 0 Å². The number of esters is 1. The zero-order valence-electron chi connectivity index (χ0n) is 14.0. The van der Waals surface area contributed by atoms with Crippen LogP contribution in [0.25, 0.3) is 0 Å². The average molecular weight is 331 g/mol. The molecule has 1 heterocycles. The third kappa shape index (κ3) is 4.65. The van der Waals surface area contributed by atoms with Crippen molar-refractivity contribution in [3.8, 4) is 0 Å². The molecule has 7 nitrogen and oxygen atoms in total. The van der Waals surface area contributed by atoms with Gasteiger partial charge in [-0.25, -0.2) is 10.2 Å². The largest absolute Gasteiger partial charge is 0.451 e. The highest BCUT2D eigenvalue weighted by atomic mass is 16.5. The molecule has 0 bridgehead atoms. The van der Waals surface area contributed by atoms with Gasteiger partial charge in [-0.05, 0) is 17.0 Å². The molecule has 0 aliphatic carbocycles. The first-order chi connectivity index (χ1) is 11.3. The number of hydrazone groups is 1. The van der Waals surface area contributed by atoms with E-state index in [9.17, 15) is 14.4 Å². The second kappa shape index (κ2) is 7.25. The number of rotatable bonds is 4. The minimum Gasteiger partial charge on any atom is -0.451 e. The first-order valence-electron chi connectivity index (χ1n) is 7.69. The number of benzene rings is 1. The van der Waals surface area contributed by atoms with Crippen LogP contribution in [0.3, 0.4) is 0 Å². The molecule has 0 saturated heterocycles. The summed E-state index contributed by atoms with van der Waals surface area (Å²) in [4.78, 5) is 34.8. The van der Waals surface area contributed by atoms with Crippen molar-refractivity contribution in [3.05, 3.63) is 29.8 Å². The predicted octanol–water partition coefficient (Wildman–Crippen LogP) is 1.73. The highest BCUT2D eigenvalue weighted by molar-refractivity contribution is 6.37. The summed E-state index contributed by atoms with van der Waals surface area (Å²) in [5, 5.41) is 6.39. The number of nitrogens with one attached hydrogen (secondary N) is 2. The molecule has 128 valence electrons. The number of ether oxygens (including phenoxy) is 1. The molecule has 1 aliphatic heterocycles. The summed E-state index contributed by atoms with van der Waals surface area (Å²) in [6.07, 6.45) is 0.387. The fourth-order valence-corrected chi connectivity index (χ4v) is 2.27. The van der Waals surface area contributed by atoms with Crippen molar-refractivity contribution >= 4 is 29.2 Å². The molecule has 1 aromatic carbocycles. The van der Waals surface area contributed by atoms with Crippen LogP contribution in [0.4, 0.5) is 5.69 Å². The molecule has 0 saturated carbocycles. The second-order valence-corrected chi connectivity index (χ2v) is 6.51. The third-order valence-electron chi connectivity index (χ3n) is 3.48. The highest BCUT2D eigenvalue weighted by Gasteiger charge is 2.21. The second-order valence-electron chi connectivity index (χ2n) is 6.51. The van der Waals surface area contributed by atoms with E-state index in [1.165, 1.54) is 0 Å². The van der Waals surface area contributed by atoms with E-state index in [0.29, 0.717) is 5.69 Å². The van der Waals surface area contributed by atoms with E-state index < -0.39 is 18.5 Å². The van der Waals surface area contributed by atoms with Gasteiger partial charge < -0.3 is 10.1 Å². The quantitative estimate of drug-likeness (QED) is 0.821. The molecule has 2 rings (SSSR count). The van der Waals surface area contributed by atoms with Crippen molar-refractivity contribution < 1.29 is 19.1 Å². The number of para-hydroxylation sites is 1. The smallest absolute Gasteiger partial charge is 0.355 e. The highest BCUT2D eigenvalue weighted by Crippen LogP contribution is 2.29. The number of nitrogens with zero attached hydrogens (tertiary/aromatic N) is 1. The van der Waals surface area contributed by atoms with Crippen molar-refractivity contribution in [1.29, 1.82) is 0 Å². The van der Waals surface area contributed by atoms with Crippen LogP contribution < -0.4 is 10.7 Å². The summed E-state index contributed by atoms with van der Waals surface area (Å²) < 4.78 is 4.94. The number of amides is 2. The van der Waals surface area contributed by atoms with Crippen molar-refractivity contribution in [1.82, 2.24) is 5.43 Å². The molecule has 0 atom stereocenters. The minimum atomic E-state index is -0.700. The predicted molar refractivity (Wildman–Crippen MR) is 89.5 cm³/mol. The van der Waals surface area contributed by atoms with Gasteiger partial charge in [-0.2, -0.15) is 5.10 Å². The molecule has 0 spiro atoms. The molecule has 0 aromatic heterocycles. The maximum absolute atomic E-state index is 12.0. The van der Waals surface area contributed by atoms with E-state index in [1.54, 1.807) is 6.07 Å². The number of carbonyl (C=O) groups is 3. The summed E-state index contributed by atoms with van der Waals surface area (Å²) in [6.45, 7) is 5.73. The maximum atomic E-state index is 12.0. The average Bonchev–Trinajstić information content (AvgIpc) is 2.53. The molecule has 0 unspecified atom stereocenters. The lowest BCUT2D eigenvalue weighted by Crippen LogP contribution is -2.32. The molecular weight excluding hydrogens is 310 g/mol. The molecule has 0 fully saturated rings. The molecule has 1 aliphatic rings. The van der Waals surface area contributed by atoms with Gasteiger partial charge in [0, 0.05) is 18.5 Å². The minimum absolute atomic E-state index is 0.109. The van der Waals surface area contributed by atoms with Crippen LogP contribution in [0.5, 0.6) is 0 Å². The summed E-state index contributed by atoms with van der Waals surface area (Å²) in [6, 6.07) is 7.49. The van der Waals surface area contributed by atoms with E-state index in [2.05, 4.69) is 15.8 Å². The van der Waals surface area contributed by atoms with E-state index in [-0.39, 0.29) is 29.9 Å². The molecule has 2 N–H and O–H groups in total. The van der Waals surface area contributed by atoms with Gasteiger partial charge in [0.1, 0.15) is 5.71 Å². The van der Waals surface area contributed by atoms with Crippen LogP contribution in [0.15, 0.2) is 29.4 Å². The Morgan fingerprint density at radius 2 is 1.96 bits per heavy atom. The zero-order valence-corrected chi connectivity index (χ0v) is 14.0. The van der Waals surface area contributed by atoms with Crippen molar-refractivity contribution in [2.45, 2.75) is 39.0 Å². The Morgan fingerprint density at radius 1 is 1.25 bits per heavy atom. The van der Waals surface area contributed by atoms with Gasteiger partial charge in [0.2, 0.25) is 5.91 Å². The first kappa shape index (κ1) is 17.7. The normalized spacial score (nSPS) is 14.5. The Bertz CT molecular complexity index is 689. The maximum Gasteiger partial charge on any atom is 0.355 e. The van der Waals surface area contributed by atoms with Crippen LogP contribution in [-0.2, 0) is 24.5 Å². The van der Waals surface area contributed by atoms with Crippen LogP contribution in [0, 0.1) is 0 Å². The lowest BCUT2D eigenvalue weighted by atomic mass is 9.86. The van der Waals surface area contributed by atoms with Gasteiger partial charge >= 0.3 is 5.97 Å². The molecular formula is C17H21N3O4. The number of anilines is 1. The van der Waals surface area contributed by atoms with Gasteiger partial charge in [-0.1, -0.05) is 39.0 Å². The lowest BCUT2D eigenvalue weighted by molar-refractivity contribution is -0.140. The summed E-state index contributed by atoms with van der Waals surface area (Å²) in [7, 11) is 0. The monoisotopic (exact) mass is 331 g/mol. The summed E-state index contributed by atoms with van der Waals surface area (Å²) in [5.74, 6) is -1.38. The van der Waals surface area contributed by atoms with E-state index >= 15 is 0 Å². The van der Waals surface area contributed by atoms with Gasteiger partial charge in [-0.15, -0.1) is 0 Å². The molecule has 24 heavy (non-hydrogen) atoms. The molecule has 1 aromatic rings. The lowest BCUT2D eigenvalue weighted by Gasteiger charge is -2.23. The number of hydrogen-bond acceptors (Lipinski definition) is 5. The van der Waals surface area contributed by atoms with Crippen LogP contribution in [-0.4, -0.2) is 30.1 Å². The molecule has 7 heteroatoms. The van der Waals surface area contributed by atoms with Crippen molar-refractivity contribution in [2.24, 2.45) is 5.10 Å². The Kier molecular flexibility index (Phi) is 5.33. The number of hydrogen-bond donors (Lipinski definition) is 2. The van der Waals surface area contributed by atoms with Crippen LogP contribution >= 0.6 is 0 Å². The summed E-state index contributed by atoms with van der Waals surface area (Å²) >= 11 is 0. The standard InChI is InChI=1S/C17H21N3O4/c1-17(2,3)11-6-4-5-7-12(11)18-15(22)10-24-16(23)13-8-9-14(21)20-19-13/h4-7H,8-10H2,1-3H3,(H,18,22)(H,20,21).